The number of ether oxygens (including phenoxy) is 1. The molecule has 0 spiro atoms. The molecule has 0 saturated carbocycles. The third kappa shape index (κ3) is 3.01. The first kappa shape index (κ1) is 12.6. The van der Waals surface area contributed by atoms with Gasteiger partial charge in [-0.2, -0.15) is 0 Å². The van der Waals surface area contributed by atoms with E-state index in [9.17, 15) is 4.79 Å². The molecule has 0 aliphatic heterocycles. The van der Waals surface area contributed by atoms with E-state index in [1.807, 2.05) is 0 Å². The summed E-state index contributed by atoms with van der Waals surface area (Å²) < 4.78 is 6.36. The highest BCUT2D eigenvalue weighted by atomic mass is 16.5. The van der Waals surface area contributed by atoms with Crippen molar-refractivity contribution < 1.29 is 14.6 Å². The molecule has 16 heavy (non-hydrogen) atoms. The van der Waals surface area contributed by atoms with E-state index in [4.69, 9.17) is 9.84 Å². The topological polar surface area (TPSA) is 89.3 Å². The lowest BCUT2D eigenvalue weighted by Gasteiger charge is -2.11. The van der Waals surface area contributed by atoms with Crippen LogP contribution in [0, 0.1) is 0 Å². The van der Waals surface area contributed by atoms with Gasteiger partial charge in [-0.15, -0.1) is 5.10 Å². The number of rotatable bonds is 6. The van der Waals surface area contributed by atoms with Gasteiger partial charge in [0.15, 0.2) is 6.04 Å². The minimum absolute atomic E-state index is 0.0214. The van der Waals surface area contributed by atoms with E-state index in [-0.39, 0.29) is 12.6 Å². The summed E-state index contributed by atoms with van der Waals surface area (Å²) in [5, 5.41) is 19.2. The van der Waals surface area contributed by atoms with Gasteiger partial charge < -0.3 is 15.2 Å². The minimum atomic E-state index is -0.618. The lowest BCUT2D eigenvalue weighted by Crippen LogP contribution is -2.27. The van der Waals surface area contributed by atoms with Crippen LogP contribution >= 0.6 is 0 Å². The zero-order chi connectivity index (χ0) is 12.0. The van der Waals surface area contributed by atoms with Gasteiger partial charge in [0.2, 0.25) is 0 Å². The van der Waals surface area contributed by atoms with Gasteiger partial charge in [0.05, 0.1) is 26.0 Å². The third-order valence-electron chi connectivity index (χ3n) is 1.99. The van der Waals surface area contributed by atoms with Crippen molar-refractivity contribution in [3.63, 3.8) is 0 Å². The molecule has 0 aromatic carbocycles. The lowest BCUT2D eigenvalue weighted by atomic mass is 10.2. The van der Waals surface area contributed by atoms with Crippen molar-refractivity contribution in [2.75, 3.05) is 20.3 Å². The zero-order valence-electron chi connectivity index (χ0n) is 9.38. The van der Waals surface area contributed by atoms with E-state index >= 15 is 0 Å². The molecule has 0 amide bonds. The number of carbonyl (C=O) groups excluding carboxylic acids is 1. The van der Waals surface area contributed by atoms with Crippen molar-refractivity contribution in [1.82, 2.24) is 20.3 Å². The Bertz CT molecular complexity index is 339. The molecule has 0 aliphatic rings. The number of aromatic nitrogens is 3. The van der Waals surface area contributed by atoms with Crippen molar-refractivity contribution in [2.24, 2.45) is 0 Å². The van der Waals surface area contributed by atoms with E-state index in [0.717, 1.165) is 0 Å². The second-order valence-electron chi connectivity index (χ2n) is 3.10. The van der Waals surface area contributed by atoms with Crippen LogP contribution in [-0.2, 0) is 16.1 Å². The molecule has 0 aliphatic carbocycles. The normalized spacial score (nSPS) is 12.4. The molecule has 7 heteroatoms. The lowest BCUT2D eigenvalue weighted by molar-refractivity contribution is -0.145. The molecule has 0 bridgehead atoms. The number of hydrogen-bond acceptors (Lipinski definition) is 6. The van der Waals surface area contributed by atoms with Gasteiger partial charge in [-0.1, -0.05) is 5.21 Å². The SMILES string of the molecule is CCOC(=O)C(NC)c1cn(CCO)nn1. The summed E-state index contributed by atoms with van der Waals surface area (Å²) in [5.74, 6) is -0.388. The van der Waals surface area contributed by atoms with Gasteiger partial charge in [0.1, 0.15) is 5.69 Å². The number of aliphatic hydroxyl groups is 1. The van der Waals surface area contributed by atoms with Gasteiger partial charge in [0, 0.05) is 0 Å². The van der Waals surface area contributed by atoms with Gasteiger partial charge in [-0.05, 0) is 14.0 Å². The number of aliphatic hydroxyl groups excluding tert-OH is 1. The van der Waals surface area contributed by atoms with Crippen LogP contribution in [-0.4, -0.2) is 46.3 Å². The van der Waals surface area contributed by atoms with Crippen LogP contribution in [0.15, 0.2) is 6.20 Å². The zero-order valence-corrected chi connectivity index (χ0v) is 9.38. The second kappa shape index (κ2) is 6.19. The summed E-state index contributed by atoms with van der Waals surface area (Å²) in [6.07, 6.45) is 1.61. The highest BCUT2D eigenvalue weighted by Crippen LogP contribution is 2.10. The average Bonchev–Trinajstić information content (AvgIpc) is 2.68. The van der Waals surface area contributed by atoms with E-state index < -0.39 is 6.04 Å². The fourth-order valence-electron chi connectivity index (χ4n) is 1.27. The van der Waals surface area contributed by atoms with Crippen LogP contribution in [0.25, 0.3) is 0 Å². The maximum absolute atomic E-state index is 11.5. The molecule has 0 radical (unpaired) electrons. The van der Waals surface area contributed by atoms with Gasteiger partial charge >= 0.3 is 5.97 Å². The summed E-state index contributed by atoms with van der Waals surface area (Å²) >= 11 is 0. The highest BCUT2D eigenvalue weighted by Gasteiger charge is 2.22. The predicted molar refractivity (Wildman–Crippen MR) is 55.5 cm³/mol. The number of esters is 1. The second-order valence-corrected chi connectivity index (χ2v) is 3.10. The number of likely N-dealkylation sites (N-methyl/N-ethyl adjacent to an activating group) is 1. The minimum Gasteiger partial charge on any atom is -0.465 e. The molecular formula is C9H16N4O3. The summed E-state index contributed by atoms with van der Waals surface area (Å²) in [4.78, 5) is 11.5. The molecule has 1 rings (SSSR count). The van der Waals surface area contributed by atoms with Crippen LogP contribution in [0.2, 0.25) is 0 Å². The highest BCUT2D eigenvalue weighted by molar-refractivity contribution is 5.76. The number of hydrogen-bond donors (Lipinski definition) is 2. The number of nitrogens with one attached hydrogen (secondary N) is 1. The van der Waals surface area contributed by atoms with Crippen LogP contribution in [0.1, 0.15) is 18.7 Å². The van der Waals surface area contributed by atoms with Crippen LogP contribution < -0.4 is 5.32 Å². The molecule has 1 unspecified atom stereocenters. The molecule has 0 saturated heterocycles. The predicted octanol–water partition coefficient (Wildman–Crippen LogP) is -0.906. The van der Waals surface area contributed by atoms with Gasteiger partial charge in [-0.25, -0.2) is 9.48 Å². The van der Waals surface area contributed by atoms with Crippen molar-refractivity contribution in [3.05, 3.63) is 11.9 Å². The van der Waals surface area contributed by atoms with Crippen LogP contribution in [0.5, 0.6) is 0 Å². The standard InChI is InChI=1S/C9H16N4O3/c1-3-16-9(15)8(10-2)7-6-13(4-5-14)12-11-7/h6,8,10,14H,3-5H2,1-2H3. The Morgan fingerprint density at radius 3 is 3.06 bits per heavy atom. The number of carbonyl (C=O) groups is 1. The molecule has 1 heterocycles. The van der Waals surface area contributed by atoms with E-state index in [0.29, 0.717) is 18.8 Å². The monoisotopic (exact) mass is 228 g/mol. The summed E-state index contributed by atoms with van der Waals surface area (Å²) in [5.41, 5.74) is 0.481. The Hall–Kier alpha value is -1.47. The van der Waals surface area contributed by atoms with Gasteiger partial charge in [0.25, 0.3) is 0 Å². The van der Waals surface area contributed by atoms with Gasteiger partial charge in [-0.3, -0.25) is 0 Å². The van der Waals surface area contributed by atoms with Crippen molar-refractivity contribution in [1.29, 1.82) is 0 Å². The molecule has 1 atom stereocenters. The first-order chi connectivity index (χ1) is 7.72. The summed E-state index contributed by atoms with van der Waals surface area (Å²) in [7, 11) is 1.65. The van der Waals surface area contributed by atoms with E-state index in [1.165, 1.54) is 4.68 Å². The molecule has 1 aromatic heterocycles. The number of nitrogens with zero attached hydrogens (tertiary/aromatic N) is 3. The first-order valence-electron chi connectivity index (χ1n) is 5.07. The molecule has 2 N–H and O–H groups in total. The molecule has 0 fully saturated rings. The maximum Gasteiger partial charge on any atom is 0.329 e. The molecule has 7 nitrogen and oxygen atoms in total. The fourth-order valence-corrected chi connectivity index (χ4v) is 1.27. The Kier molecular flexibility index (Phi) is 4.87. The quantitative estimate of drug-likeness (QED) is 0.613. The molecule has 90 valence electrons. The van der Waals surface area contributed by atoms with Crippen molar-refractivity contribution in [3.8, 4) is 0 Å². The maximum atomic E-state index is 11.5. The smallest absolute Gasteiger partial charge is 0.329 e. The Morgan fingerprint density at radius 1 is 1.75 bits per heavy atom. The van der Waals surface area contributed by atoms with Crippen LogP contribution in [0.4, 0.5) is 0 Å². The fraction of sp³-hybridized carbons (Fsp3) is 0.667. The van der Waals surface area contributed by atoms with E-state index in [1.54, 1.807) is 20.2 Å². The molecule has 1 aromatic rings. The third-order valence-corrected chi connectivity index (χ3v) is 1.99. The Labute approximate surface area is 93.4 Å². The Balaban J connectivity index is 2.74. The summed E-state index contributed by atoms with van der Waals surface area (Å²) in [6.45, 7) is 2.40. The summed E-state index contributed by atoms with van der Waals surface area (Å²) in [6, 6.07) is -0.618. The van der Waals surface area contributed by atoms with Crippen molar-refractivity contribution >= 4 is 5.97 Å². The molecular weight excluding hydrogens is 212 g/mol. The van der Waals surface area contributed by atoms with E-state index in [2.05, 4.69) is 15.6 Å². The Morgan fingerprint density at radius 2 is 2.50 bits per heavy atom. The first-order valence-corrected chi connectivity index (χ1v) is 5.07. The average molecular weight is 228 g/mol. The van der Waals surface area contributed by atoms with Crippen LogP contribution in [0.3, 0.4) is 0 Å². The largest absolute Gasteiger partial charge is 0.465 e. The van der Waals surface area contributed by atoms with Crippen molar-refractivity contribution in [2.45, 2.75) is 19.5 Å².